The fourth-order valence-corrected chi connectivity index (χ4v) is 3.64. The van der Waals surface area contributed by atoms with E-state index in [-0.39, 0.29) is 23.7 Å². The Morgan fingerprint density at radius 2 is 2.11 bits per heavy atom. The molecule has 0 bridgehead atoms. The fraction of sp³-hybridized carbons (Fsp3) is 0.263. The van der Waals surface area contributed by atoms with Crippen LogP contribution in [0, 0.1) is 17.0 Å². The van der Waals surface area contributed by atoms with Crippen LogP contribution in [0.1, 0.15) is 17.5 Å². The maximum absolute atomic E-state index is 13.0. The van der Waals surface area contributed by atoms with E-state index in [1.165, 1.54) is 22.8 Å². The van der Waals surface area contributed by atoms with Gasteiger partial charge in [0.15, 0.2) is 5.58 Å². The molecule has 0 saturated carbocycles. The number of nitro benzene ring substituents is 1. The van der Waals surface area contributed by atoms with Crippen LogP contribution >= 0.6 is 0 Å². The quantitative estimate of drug-likeness (QED) is 0.524. The van der Waals surface area contributed by atoms with Gasteiger partial charge in [0.2, 0.25) is 5.91 Å². The summed E-state index contributed by atoms with van der Waals surface area (Å²) in [5.74, 6) is -0.922. The van der Waals surface area contributed by atoms with Gasteiger partial charge in [0.05, 0.1) is 16.5 Å². The molecule has 0 fully saturated rings. The number of nitrogens with zero attached hydrogens (tertiary/aromatic N) is 3. The first kappa shape index (κ1) is 17.0. The van der Waals surface area contributed by atoms with Crippen LogP contribution in [0.4, 0.5) is 11.4 Å². The molecule has 0 saturated heterocycles. The number of aryl methyl sites for hydroxylation is 2. The van der Waals surface area contributed by atoms with Crippen molar-refractivity contribution in [2.75, 3.05) is 11.4 Å². The number of para-hydroxylation sites is 1. The number of fused-ring (bicyclic) bond motifs is 2. The predicted molar refractivity (Wildman–Crippen MR) is 99.0 cm³/mol. The van der Waals surface area contributed by atoms with Crippen LogP contribution in [0.25, 0.3) is 11.1 Å². The summed E-state index contributed by atoms with van der Waals surface area (Å²) < 4.78 is 6.32. The number of rotatable bonds is 3. The SMILES string of the molecule is Cc1cccc2c1N(C(=O)Cn1c(=O)oc3cc([N+](=O)[O-])ccc31)CCC2. The molecule has 0 atom stereocenters. The number of oxazole rings is 1. The highest BCUT2D eigenvalue weighted by Crippen LogP contribution is 2.31. The molecule has 1 amide bonds. The molecule has 138 valence electrons. The van der Waals surface area contributed by atoms with E-state index in [2.05, 4.69) is 0 Å². The smallest absolute Gasteiger partial charge is 0.407 e. The zero-order valence-electron chi connectivity index (χ0n) is 14.7. The molecule has 1 aromatic heterocycles. The highest BCUT2D eigenvalue weighted by Gasteiger charge is 2.25. The zero-order chi connectivity index (χ0) is 19.1. The molecule has 2 aromatic carbocycles. The van der Waals surface area contributed by atoms with Gasteiger partial charge in [-0.15, -0.1) is 0 Å². The minimum Gasteiger partial charge on any atom is -0.407 e. The Morgan fingerprint density at radius 1 is 1.30 bits per heavy atom. The number of non-ortho nitro benzene ring substituents is 1. The first-order valence-electron chi connectivity index (χ1n) is 8.62. The zero-order valence-corrected chi connectivity index (χ0v) is 14.7. The van der Waals surface area contributed by atoms with E-state index in [4.69, 9.17) is 4.42 Å². The second-order valence-corrected chi connectivity index (χ2v) is 6.59. The largest absolute Gasteiger partial charge is 0.420 e. The van der Waals surface area contributed by atoms with Crippen LogP contribution in [0.3, 0.4) is 0 Å². The van der Waals surface area contributed by atoms with Gasteiger partial charge >= 0.3 is 5.76 Å². The number of carbonyl (C=O) groups is 1. The van der Waals surface area contributed by atoms with E-state index in [0.717, 1.165) is 29.7 Å². The second kappa shape index (κ2) is 6.39. The average Bonchev–Trinajstić information content (AvgIpc) is 2.96. The first-order chi connectivity index (χ1) is 13.0. The van der Waals surface area contributed by atoms with E-state index in [1.54, 1.807) is 4.90 Å². The van der Waals surface area contributed by atoms with Gasteiger partial charge in [-0.05, 0) is 37.0 Å². The summed E-state index contributed by atoms with van der Waals surface area (Å²) in [6.45, 7) is 2.37. The number of benzene rings is 2. The number of nitro groups is 1. The van der Waals surface area contributed by atoms with E-state index in [1.807, 2.05) is 25.1 Å². The van der Waals surface area contributed by atoms with E-state index >= 15 is 0 Å². The lowest BCUT2D eigenvalue weighted by Crippen LogP contribution is -2.39. The minimum absolute atomic E-state index is 0.0947. The summed E-state index contributed by atoms with van der Waals surface area (Å²) in [5, 5.41) is 10.9. The van der Waals surface area contributed by atoms with Crippen molar-refractivity contribution in [3.05, 3.63) is 68.2 Å². The van der Waals surface area contributed by atoms with Crippen molar-refractivity contribution in [1.82, 2.24) is 4.57 Å². The Balaban J connectivity index is 1.70. The van der Waals surface area contributed by atoms with Crippen molar-refractivity contribution in [1.29, 1.82) is 0 Å². The third kappa shape index (κ3) is 2.88. The van der Waals surface area contributed by atoms with Crippen molar-refractivity contribution in [3.63, 3.8) is 0 Å². The average molecular weight is 367 g/mol. The van der Waals surface area contributed by atoms with Crippen LogP contribution in [-0.2, 0) is 17.8 Å². The summed E-state index contributed by atoms with van der Waals surface area (Å²) in [6.07, 6.45) is 1.77. The van der Waals surface area contributed by atoms with Crippen LogP contribution < -0.4 is 10.7 Å². The number of amides is 1. The Bertz CT molecular complexity index is 1130. The second-order valence-electron chi connectivity index (χ2n) is 6.59. The fourth-order valence-electron chi connectivity index (χ4n) is 3.64. The Labute approximate surface area is 153 Å². The van der Waals surface area contributed by atoms with E-state index in [0.29, 0.717) is 12.1 Å². The normalized spacial score (nSPS) is 13.6. The van der Waals surface area contributed by atoms with Crippen molar-refractivity contribution in [2.24, 2.45) is 0 Å². The Hall–Kier alpha value is -3.42. The number of hydrogen-bond acceptors (Lipinski definition) is 5. The standard InChI is InChI=1S/C19H17N3O5/c1-12-4-2-5-13-6-3-9-20(18(12)13)17(23)11-21-15-8-7-14(22(25)26)10-16(15)27-19(21)24/h2,4-5,7-8,10H,3,6,9,11H2,1H3. The Kier molecular flexibility index (Phi) is 4.02. The van der Waals surface area contributed by atoms with Crippen molar-refractivity contribution < 1.29 is 14.1 Å². The molecule has 4 rings (SSSR count). The minimum atomic E-state index is -0.708. The van der Waals surface area contributed by atoms with Gasteiger partial charge in [0.1, 0.15) is 6.54 Å². The van der Waals surface area contributed by atoms with Gasteiger partial charge in [0, 0.05) is 18.3 Å². The van der Waals surface area contributed by atoms with Gasteiger partial charge in [-0.25, -0.2) is 4.79 Å². The maximum Gasteiger partial charge on any atom is 0.420 e. The van der Waals surface area contributed by atoms with Crippen molar-refractivity contribution >= 4 is 28.4 Å². The number of aromatic nitrogens is 1. The lowest BCUT2D eigenvalue weighted by Gasteiger charge is -2.31. The van der Waals surface area contributed by atoms with Gasteiger partial charge in [-0.2, -0.15) is 0 Å². The summed E-state index contributed by atoms with van der Waals surface area (Å²) in [6, 6.07) is 9.87. The molecule has 0 unspecified atom stereocenters. The molecule has 3 aromatic rings. The van der Waals surface area contributed by atoms with Crippen molar-refractivity contribution in [2.45, 2.75) is 26.3 Å². The number of hydrogen-bond donors (Lipinski definition) is 0. The molecule has 8 nitrogen and oxygen atoms in total. The number of carbonyl (C=O) groups excluding carboxylic acids is 1. The Morgan fingerprint density at radius 3 is 2.89 bits per heavy atom. The van der Waals surface area contributed by atoms with Gasteiger partial charge in [-0.3, -0.25) is 19.5 Å². The molecule has 0 radical (unpaired) electrons. The molecule has 8 heteroatoms. The molecule has 1 aliphatic heterocycles. The maximum atomic E-state index is 13.0. The van der Waals surface area contributed by atoms with Crippen LogP contribution in [0.2, 0.25) is 0 Å². The summed E-state index contributed by atoms with van der Waals surface area (Å²) >= 11 is 0. The van der Waals surface area contributed by atoms with Gasteiger partial charge < -0.3 is 9.32 Å². The lowest BCUT2D eigenvalue weighted by molar-refractivity contribution is -0.384. The van der Waals surface area contributed by atoms with Gasteiger partial charge in [-0.1, -0.05) is 18.2 Å². The van der Waals surface area contributed by atoms with Gasteiger partial charge in [0.25, 0.3) is 5.69 Å². The first-order valence-corrected chi connectivity index (χ1v) is 8.62. The molecule has 1 aliphatic rings. The molecule has 2 heterocycles. The summed E-state index contributed by atoms with van der Waals surface area (Å²) in [7, 11) is 0. The molecular formula is C19H17N3O5. The highest BCUT2D eigenvalue weighted by atomic mass is 16.6. The third-order valence-corrected chi connectivity index (χ3v) is 4.88. The van der Waals surface area contributed by atoms with E-state index in [9.17, 15) is 19.7 Å². The molecule has 0 spiro atoms. The summed E-state index contributed by atoms with van der Waals surface area (Å²) in [4.78, 5) is 37.2. The van der Waals surface area contributed by atoms with E-state index < -0.39 is 10.7 Å². The van der Waals surface area contributed by atoms with Crippen LogP contribution in [-0.4, -0.2) is 21.9 Å². The van der Waals surface area contributed by atoms with Crippen LogP contribution in [0.5, 0.6) is 0 Å². The predicted octanol–water partition coefficient (Wildman–Crippen LogP) is 2.79. The molecule has 27 heavy (non-hydrogen) atoms. The lowest BCUT2D eigenvalue weighted by atomic mass is 9.98. The van der Waals surface area contributed by atoms with Crippen molar-refractivity contribution in [3.8, 4) is 0 Å². The molecule has 0 N–H and O–H groups in total. The number of anilines is 1. The monoisotopic (exact) mass is 367 g/mol. The van der Waals surface area contributed by atoms with Crippen LogP contribution in [0.15, 0.2) is 45.6 Å². The topological polar surface area (TPSA) is 98.6 Å². The summed E-state index contributed by atoms with van der Waals surface area (Å²) in [5.41, 5.74) is 3.33. The molecular weight excluding hydrogens is 350 g/mol. The molecule has 0 aliphatic carbocycles. The third-order valence-electron chi connectivity index (χ3n) is 4.88. The highest BCUT2D eigenvalue weighted by molar-refractivity contribution is 5.96.